The van der Waals surface area contributed by atoms with Crippen LogP contribution in [0.25, 0.3) is 0 Å². The summed E-state index contributed by atoms with van der Waals surface area (Å²) in [6.07, 6.45) is -0.158. The molecule has 0 fully saturated rings. The maximum atomic E-state index is 14.1. The third-order valence-electron chi connectivity index (χ3n) is 5.48. The number of aromatic nitrogens is 2. The van der Waals surface area contributed by atoms with Gasteiger partial charge in [-0.2, -0.15) is 13.5 Å². The van der Waals surface area contributed by atoms with Gasteiger partial charge in [0.25, 0.3) is 10.0 Å². The maximum Gasteiger partial charge on any atom is 0.283 e. The van der Waals surface area contributed by atoms with E-state index < -0.39 is 15.9 Å². The van der Waals surface area contributed by atoms with Crippen molar-refractivity contribution in [1.82, 2.24) is 19.4 Å². The van der Waals surface area contributed by atoms with Crippen molar-refractivity contribution in [3.05, 3.63) is 46.4 Å². The molecule has 0 aliphatic carbocycles. The van der Waals surface area contributed by atoms with Crippen LogP contribution in [0.1, 0.15) is 74.9 Å². The molecule has 7 nitrogen and oxygen atoms in total. The molecule has 0 saturated carbocycles. The first-order chi connectivity index (χ1) is 14.2. The Kier molecular flexibility index (Phi) is 7.65. The Bertz CT molecular complexity index is 1030. The SMILES string of the molecule is CC(C)c1cc(F)cc(C(C)C)c1CC(=O)NS(=O)(=O)c1cc(C(C)N(C)C)n(C)n1. The van der Waals surface area contributed by atoms with Crippen LogP contribution in [0.4, 0.5) is 4.39 Å². The summed E-state index contributed by atoms with van der Waals surface area (Å²) in [5.41, 5.74) is 2.79. The Hall–Kier alpha value is -2.26. The number of amides is 1. The molecule has 1 unspecified atom stereocenters. The second-order valence-electron chi connectivity index (χ2n) is 8.75. The summed E-state index contributed by atoms with van der Waals surface area (Å²) in [4.78, 5) is 14.7. The molecule has 0 aliphatic rings. The molecule has 1 N–H and O–H groups in total. The number of halogens is 1. The number of nitrogens with zero attached hydrogens (tertiary/aromatic N) is 3. The summed E-state index contributed by atoms with van der Waals surface area (Å²) in [6.45, 7) is 9.59. The van der Waals surface area contributed by atoms with Crippen LogP contribution in [0.5, 0.6) is 0 Å². The van der Waals surface area contributed by atoms with E-state index in [2.05, 4.69) is 9.82 Å². The predicted molar refractivity (Wildman–Crippen MR) is 119 cm³/mol. The van der Waals surface area contributed by atoms with Gasteiger partial charge in [-0.05, 0) is 61.7 Å². The van der Waals surface area contributed by atoms with Gasteiger partial charge in [-0.3, -0.25) is 9.48 Å². The highest BCUT2D eigenvalue weighted by Crippen LogP contribution is 2.29. The molecule has 0 bridgehead atoms. The first-order valence-electron chi connectivity index (χ1n) is 10.3. The minimum Gasteiger partial charge on any atom is -0.301 e. The van der Waals surface area contributed by atoms with Crippen molar-refractivity contribution < 1.29 is 17.6 Å². The van der Waals surface area contributed by atoms with E-state index >= 15 is 0 Å². The third kappa shape index (κ3) is 5.71. The predicted octanol–water partition coefficient (Wildman–Crippen LogP) is 3.48. The van der Waals surface area contributed by atoms with E-state index in [1.54, 1.807) is 7.05 Å². The highest BCUT2D eigenvalue weighted by Gasteiger charge is 2.26. The van der Waals surface area contributed by atoms with E-state index in [9.17, 15) is 17.6 Å². The highest BCUT2D eigenvalue weighted by atomic mass is 32.2. The zero-order valence-corrected chi connectivity index (χ0v) is 20.3. The molecule has 2 aromatic rings. The van der Waals surface area contributed by atoms with Gasteiger partial charge in [-0.1, -0.05) is 27.7 Å². The Morgan fingerprint density at radius 2 is 1.61 bits per heavy atom. The van der Waals surface area contributed by atoms with E-state index in [-0.39, 0.29) is 35.1 Å². The fourth-order valence-corrected chi connectivity index (χ4v) is 4.54. The van der Waals surface area contributed by atoms with Crippen LogP contribution < -0.4 is 4.72 Å². The standard InChI is InChI=1S/C22H33FN4O3S/c1-13(2)17-9-16(23)10-18(14(3)4)19(17)11-21(28)25-31(29,30)22-12-20(27(8)24-22)15(5)26(6)7/h9-10,12-15H,11H2,1-8H3,(H,25,28). The van der Waals surface area contributed by atoms with E-state index in [0.717, 1.165) is 0 Å². The van der Waals surface area contributed by atoms with Crippen LogP contribution in [0.3, 0.4) is 0 Å². The average Bonchev–Trinajstić information content (AvgIpc) is 3.03. The number of rotatable bonds is 8. The van der Waals surface area contributed by atoms with Gasteiger partial charge < -0.3 is 4.90 Å². The number of carbonyl (C=O) groups excluding carboxylic acids is 1. The molecule has 0 spiro atoms. The zero-order valence-electron chi connectivity index (χ0n) is 19.5. The van der Waals surface area contributed by atoms with Gasteiger partial charge in [-0.15, -0.1) is 0 Å². The van der Waals surface area contributed by atoms with Crippen molar-refractivity contribution in [1.29, 1.82) is 0 Å². The molecule has 1 amide bonds. The lowest BCUT2D eigenvalue weighted by Crippen LogP contribution is -2.32. The lowest BCUT2D eigenvalue weighted by molar-refractivity contribution is -0.118. The minimum atomic E-state index is -4.14. The second-order valence-corrected chi connectivity index (χ2v) is 10.4. The fourth-order valence-electron chi connectivity index (χ4n) is 3.55. The second kappa shape index (κ2) is 9.48. The number of carbonyl (C=O) groups is 1. The van der Waals surface area contributed by atoms with Crippen molar-refractivity contribution in [2.24, 2.45) is 7.05 Å². The number of hydrogen-bond donors (Lipinski definition) is 1. The van der Waals surface area contributed by atoms with E-state index in [0.29, 0.717) is 22.4 Å². The molecule has 2 rings (SSSR count). The largest absolute Gasteiger partial charge is 0.301 e. The maximum absolute atomic E-state index is 14.1. The van der Waals surface area contributed by atoms with Gasteiger partial charge >= 0.3 is 0 Å². The molecule has 0 aliphatic heterocycles. The zero-order chi connectivity index (χ0) is 23.7. The third-order valence-corrected chi connectivity index (χ3v) is 6.73. The smallest absolute Gasteiger partial charge is 0.283 e. The Labute approximate surface area is 184 Å². The number of hydrogen-bond acceptors (Lipinski definition) is 5. The lowest BCUT2D eigenvalue weighted by atomic mass is 9.87. The van der Waals surface area contributed by atoms with E-state index in [4.69, 9.17) is 0 Å². The summed E-state index contributed by atoms with van der Waals surface area (Å²) in [6, 6.07) is 4.25. The van der Waals surface area contributed by atoms with Crippen molar-refractivity contribution in [2.45, 2.75) is 63.9 Å². The van der Waals surface area contributed by atoms with Crippen LogP contribution in [0.2, 0.25) is 0 Å². The van der Waals surface area contributed by atoms with E-state index in [1.165, 1.54) is 22.9 Å². The lowest BCUT2D eigenvalue weighted by Gasteiger charge is -2.20. The fraction of sp³-hybridized carbons (Fsp3) is 0.545. The molecule has 1 aromatic heterocycles. The topological polar surface area (TPSA) is 84.3 Å². The molecule has 1 atom stereocenters. The molecular weight excluding hydrogens is 419 g/mol. The van der Waals surface area contributed by atoms with Crippen molar-refractivity contribution in [2.75, 3.05) is 14.1 Å². The van der Waals surface area contributed by atoms with Crippen LogP contribution >= 0.6 is 0 Å². The summed E-state index contributed by atoms with van der Waals surface area (Å²) in [7, 11) is 1.29. The summed E-state index contributed by atoms with van der Waals surface area (Å²) < 4.78 is 43.3. The van der Waals surface area contributed by atoms with Gasteiger partial charge in [0.2, 0.25) is 5.91 Å². The number of aryl methyl sites for hydroxylation is 1. The number of sulfonamides is 1. The quantitative estimate of drug-likeness (QED) is 0.663. The Balaban J connectivity index is 2.34. The number of nitrogens with one attached hydrogen (secondary N) is 1. The van der Waals surface area contributed by atoms with E-state index in [1.807, 2.05) is 53.6 Å². The molecule has 0 saturated heterocycles. The van der Waals surface area contributed by atoms with Crippen molar-refractivity contribution in [3.63, 3.8) is 0 Å². The Morgan fingerprint density at radius 1 is 1.10 bits per heavy atom. The molecule has 1 aromatic carbocycles. The van der Waals surface area contributed by atoms with Crippen LogP contribution in [0.15, 0.2) is 23.2 Å². The summed E-state index contributed by atoms with van der Waals surface area (Å²) in [5.74, 6) is -1.07. The van der Waals surface area contributed by atoms with Gasteiger partial charge in [0.1, 0.15) is 5.82 Å². The monoisotopic (exact) mass is 452 g/mol. The summed E-state index contributed by atoms with van der Waals surface area (Å²) in [5, 5.41) is 3.88. The van der Waals surface area contributed by atoms with Crippen molar-refractivity contribution in [3.8, 4) is 0 Å². The van der Waals surface area contributed by atoms with Gasteiger partial charge in [0.05, 0.1) is 12.1 Å². The first-order valence-corrected chi connectivity index (χ1v) is 11.8. The Morgan fingerprint density at radius 3 is 2.06 bits per heavy atom. The van der Waals surface area contributed by atoms with Crippen LogP contribution in [-0.4, -0.2) is 43.1 Å². The highest BCUT2D eigenvalue weighted by molar-refractivity contribution is 7.90. The molecule has 31 heavy (non-hydrogen) atoms. The molecule has 172 valence electrons. The van der Waals surface area contributed by atoms with Gasteiger partial charge in [0, 0.05) is 19.2 Å². The normalized spacial score (nSPS) is 13.3. The molecular formula is C22H33FN4O3S. The minimum absolute atomic E-state index is 0.0153. The molecule has 1 heterocycles. The van der Waals surface area contributed by atoms with Crippen LogP contribution in [-0.2, 0) is 28.3 Å². The number of benzene rings is 1. The van der Waals surface area contributed by atoms with Gasteiger partial charge in [0.15, 0.2) is 5.03 Å². The molecule has 0 radical (unpaired) electrons. The van der Waals surface area contributed by atoms with Crippen LogP contribution in [0, 0.1) is 5.82 Å². The first kappa shape index (κ1) is 25.0. The summed E-state index contributed by atoms with van der Waals surface area (Å²) >= 11 is 0. The average molecular weight is 453 g/mol. The van der Waals surface area contributed by atoms with Gasteiger partial charge in [-0.25, -0.2) is 9.11 Å². The molecule has 9 heteroatoms. The van der Waals surface area contributed by atoms with Crippen molar-refractivity contribution >= 4 is 15.9 Å².